The average Bonchev–Trinajstić information content (AvgIpc) is 3.15. The Morgan fingerprint density at radius 2 is 2.07 bits per heavy atom. The lowest BCUT2D eigenvalue weighted by Gasteiger charge is -2.17. The molecule has 0 aliphatic rings. The van der Waals surface area contributed by atoms with E-state index < -0.39 is 18.6 Å². The van der Waals surface area contributed by atoms with Crippen molar-refractivity contribution < 1.29 is 19.4 Å². The normalized spacial score (nSPS) is 10.4. The highest BCUT2D eigenvalue weighted by atomic mass is 32.1. The number of rotatable bonds is 7. The number of hydrogen-bond donors (Lipinski definition) is 2. The minimum atomic E-state index is -1.13. The number of nitrogens with one attached hydrogen (secondary N) is 1. The lowest BCUT2D eigenvalue weighted by Crippen LogP contribution is -2.34. The first kappa shape index (κ1) is 20.2. The van der Waals surface area contributed by atoms with Crippen LogP contribution in [0.5, 0.6) is 0 Å². The van der Waals surface area contributed by atoms with E-state index in [2.05, 4.69) is 25.0 Å². The molecule has 150 valence electrons. The molecular formula is C19H19N5O4S. The summed E-state index contributed by atoms with van der Waals surface area (Å²) in [5.41, 5.74) is 1.79. The van der Waals surface area contributed by atoms with Crippen LogP contribution in [-0.4, -0.2) is 50.7 Å². The summed E-state index contributed by atoms with van der Waals surface area (Å²) < 4.78 is 4.63. The average molecular weight is 413 g/mol. The fraction of sp³-hybridized carbons (Fsp3) is 0.211. The van der Waals surface area contributed by atoms with Gasteiger partial charge in [-0.25, -0.2) is 19.7 Å². The molecule has 0 aromatic carbocycles. The molecule has 1 amide bonds. The molecule has 0 radical (unpaired) electrons. The van der Waals surface area contributed by atoms with Crippen LogP contribution in [0.2, 0.25) is 0 Å². The highest BCUT2D eigenvalue weighted by Gasteiger charge is 2.19. The number of aromatic nitrogens is 3. The number of carbonyl (C=O) groups excluding carboxylic acids is 1. The number of aliphatic carboxylic acids is 1. The van der Waals surface area contributed by atoms with Crippen molar-refractivity contribution in [3.63, 3.8) is 0 Å². The molecule has 0 aliphatic heterocycles. The second-order valence-corrected chi connectivity index (χ2v) is 7.20. The van der Waals surface area contributed by atoms with E-state index >= 15 is 0 Å². The van der Waals surface area contributed by atoms with E-state index in [1.54, 1.807) is 12.4 Å². The summed E-state index contributed by atoms with van der Waals surface area (Å²) in [5, 5.41) is 12.7. The number of anilines is 2. The fourth-order valence-electron chi connectivity index (χ4n) is 2.52. The number of pyridine rings is 2. The molecule has 0 fully saturated rings. The van der Waals surface area contributed by atoms with Gasteiger partial charge in [-0.1, -0.05) is 6.07 Å². The van der Waals surface area contributed by atoms with Crippen LogP contribution in [0.4, 0.5) is 16.4 Å². The Labute approximate surface area is 171 Å². The summed E-state index contributed by atoms with van der Waals surface area (Å²) in [6.07, 6.45) is 2.65. The van der Waals surface area contributed by atoms with Gasteiger partial charge < -0.3 is 15.2 Å². The van der Waals surface area contributed by atoms with Crippen molar-refractivity contribution in [2.24, 2.45) is 0 Å². The first-order chi connectivity index (χ1) is 13.9. The lowest BCUT2D eigenvalue weighted by molar-refractivity contribution is -0.138. The maximum atomic E-state index is 11.8. The third kappa shape index (κ3) is 5.48. The summed E-state index contributed by atoms with van der Waals surface area (Å²) in [4.78, 5) is 37.7. The molecule has 3 rings (SSSR count). The van der Waals surface area contributed by atoms with Crippen LogP contribution < -0.4 is 5.32 Å². The molecule has 9 nitrogen and oxygen atoms in total. The van der Waals surface area contributed by atoms with Crippen molar-refractivity contribution >= 4 is 35.0 Å². The molecule has 0 spiro atoms. The number of aryl methyl sites for hydroxylation is 1. The Kier molecular flexibility index (Phi) is 6.35. The summed E-state index contributed by atoms with van der Waals surface area (Å²) in [7, 11) is 1.20. The van der Waals surface area contributed by atoms with Crippen molar-refractivity contribution in [3.8, 4) is 10.6 Å². The summed E-state index contributed by atoms with van der Waals surface area (Å²) in [6, 6.07) is 9.38. The molecule has 29 heavy (non-hydrogen) atoms. The SMILES string of the molecule is COC(=O)N(CC(=O)O)Cc1ncc(-c2cccc(Nc3cc(C)ccn3)n2)s1. The van der Waals surface area contributed by atoms with Gasteiger partial charge in [0.1, 0.15) is 23.2 Å². The largest absolute Gasteiger partial charge is 0.480 e. The molecule has 3 aromatic rings. The molecule has 10 heteroatoms. The molecule has 2 N–H and O–H groups in total. The number of amides is 1. The molecule has 3 aromatic heterocycles. The van der Waals surface area contributed by atoms with E-state index in [1.165, 1.54) is 18.4 Å². The molecule has 0 aliphatic carbocycles. The Morgan fingerprint density at radius 3 is 2.79 bits per heavy atom. The first-order valence-electron chi connectivity index (χ1n) is 8.61. The van der Waals surface area contributed by atoms with Gasteiger partial charge in [0, 0.05) is 12.4 Å². The Morgan fingerprint density at radius 1 is 1.24 bits per heavy atom. The van der Waals surface area contributed by atoms with Crippen molar-refractivity contribution in [2.75, 3.05) is 19.0 Å². The molecule has 0 saturated heterocycles. The van der Waals surface area contributed by atoms with Gasteiger partial charge >= 0.3 is 12.1 Å². The number of hydrogen-bond acceptors (Lipinski definition) is 8. The second kappa shape index (κ2) is 9.11. The number of carbonyl (C=O) groups is 2. The van der Waals surface area contributed by atoms with E-state index in [0.717, 1.165) is 15.3 Å². The standard InChI is InChI=1S/C19H19N5O4S/c1-12-6-7-20-16(8-12)23-15-5-3-4-13(22-15)14-9-21-17(29-14)10-24(11-18(25)26)19(27)28-2/h3-9H,10-11H2,1-2H3,(H,25,26)(H,20,22,23). The van der Waals surface area contributed by atoms with Crippen LogP contribution in [0.1, 0.15) is 10.6 Å². The fourth-order valence-corrected chi connectivity index (χ4v) is 3.42. The van der Waals surface area contributed by atoms with Gasteiger partial charge in [-0.2, -0.15) is 0 Å². The van der Waals surface area contributed by atoms with Gasteiger partial charge in [0.2, 0.25) is 0 Å². The molecular weight excluding hydrogens is 394 g/mol. The smallest absolute Gasteiger partial charge is 0.410 e. The van der Waals surface area contributed by atoms with E-state index in [1.807, 2.05) is 37.3 Å². The predicted molar refractivity (Wildman–Crippen MR) is 108 cm³/mol. The van der Waals surface area contributed by atoms with Gasteiger partial charge in [-0.15, -0.1) is 11.3 Å². The Balaban J connectivity index is 1.76. The number of thiazole rings is 1. The zero-order chi connectivity index (χ0) is 20.8. The van der Waals surface area contributed by atoms with E-state index in [4.69, 9.17) is 5.11 Å². The number of nitrogens with zero attached hydrogens (tertiary/aromatic N) is 4. The molecule has 0 saturated carbocycles. The highest BCUT2D eigenvalue weighted by Crippen LogP contribution is 2.27. The zero-order valence-electron chi connectivity index (χ0n) is 15.8. The van der Waals surface area contributed by atoms with Gasteiger partial charge in [-0.05, 0) is 36.8 Å². The summed E-state index contributed by atoms with van der Waals surface area (Å²) >= 11 is 1.33. The minimum absolute atomic E-state index is 0.0365. The predicted octanol–water partition coefficient (Wildman–Crippen LogP) is 3.31. The van der Waals surface area contributed by atoms with Gasteiger partial charge in [0.15, 0.2) is 0 Å². The third-order valence-corrected chi connectivity index (χ3v) is 4.82. The summed E-state index contributed by atoms with van der Waals surface area (Å²) in [5.74, 6) is 0.206. The van der Waals surface area contributed by atoms with Crippen molar-refractivity contribution in [3.05, 3.63) is 53.3 Å². The first-order valence-corrected chi connectivity index (χ1v) is 9.43. The number of carboxylic acid groups (broad SMARTS) is 1. The molecule has 0 atom stereocenters. The highest BCUT2D eigenvalue weighted by molar-refractivity contribution is 7.15. The Bertz CT molecular complexity index is 1020. The molecule has 0 bridgehead atoms. The van der Waals surface area contributed by atoms with Crippen LogP contribution in [0.3, 0.4) is 0 Å². The molecule has 0 unspecified atom stereocenters. The number of carboxylic acids is 1. The zero-order valence-corrected chi connectivity index (χ0v) is 16.6. The van der Waals surface area contributed by atoms with Crippen LogP contribution in [0.15, 0.2) is 42.7 Å². The van der Waals surface area contributed by atoms with Crippen molar-refractivity contribution in [2.45, 2.75) is 13.5 Å². The maximum absolute atomic E-state index is 11.8. The van der Waals surface area contributed by atoms with E-state index in [-0.39, 0.29) is 6.54 Å². The monoisotopic (exact) mass is 413 g/mol. The second-order valence-electron chi connectivity index (χ2n) is 6.09. The quantitative estimate of drug-likeness (QED) is 0.606. The van der Waals surface area contributed by atoms with Crippen LogP contribution in [-0.2, 0) is 16.1 Å². The van der Waals surface area contributed by atoms with Crippen molar-refractivity contribution in [1.82, 2.24) is 19.9 Å². The minimum Gasteiger partial charge on any atom is -0.480 e. The van der Waals surface area contributed by atoms with Crippen molar-refractivity contribution in [1.29, 1.82) is 0 Å². The topological polar surface area (TPSA) is 118 Å². The molecule has 3 heterocycles. The third-order valence-electron chi connectivity index (χ3n) is 3.81. The van der Waals surface area contributed by atoms with Gasteiger partial charge in [0.25, 0.3) is 0 Å². The number of methoxy groups -OCH3 is 1. The van der Waals surface area contributed by atoms with Crippen LogP contribution in [0.25, 0.3) is 10.6 Å². The van der Waals surface area contributed by atoms with Crippen LogP contribution >= 0.6 is 11.3 Å². The van der Waals surface area contributed by atoms with Gasteiger partial charge in [-0.3, -0.25) is 9.69 Å². The maximum Gasteiger partial charge on any atom is 0.410 e. The number of ether oxygens (including phenoxy) is 1. The summed E-state index contributed by atoms with van der Waals surface area (Å²) in [6.45, 7) is 1.55. The Hall–Kier alpha value is -3.53. The van der Waals surface area contributed by atoms with E-state index in [9.17, 15) is 9.59 Å². The van der Waals surface area contributed by atoms with E-state index in [0.29, 0.717) is 22.3 Å². The van der Waals surface area contributed by atoms with Crippen LogP contribution in [0, 0.1) is 6.92 Å². The van der Waals surface area contributed by atoms with Gasteiger partial charge in [0.05, 0.1) is 24.2 Å². The lowest BCUT2D eigenvalue weighted by atomic mass is 10.3.